The van der Waals surface area contributed by atoms with Gasteiger partial charge in [-0.2, -0.15) is 8.42 Å². The Morgan fingerprint density at radius 2 is 2.03 bits per heavy atom. The molecule has 0 spiro atoms. The van der Waals surface area contributed by atoms with Gasteiger partial charge in [-0.25, -0.2) is 4.98 Å². The van der Waals surface area contributed by atoms with E-state index in [9.17, 15) is 13.2 Å². The van der Waals surface area contributed by atoms with E-state index in [2.05, 4.69) is 14.7 Å². The van der Waals surface area contributed by atoms with Crippen LogP contribution in [-0.2, 0) is 10.0 Å². The Morgan fingerprint density at radius 1 is 1.19 bits per heavy atom. The van der Waals surface area contributed by atoms with Crippen LogP contribution in [0, 0.1) is 6.92 Å². The molecule has 1 aromatic heterocycles. The van der Waals surface area contributed by atoms with Gasteiger partial charge in [-0.3, -0.25) is 4.79 Å². The van der Waals surface area contributed by atoms with Gasteiger partial charge in [-0.1, -0.05) is 18.0 Å². The zero-order chi connectivity index (χ0) is 21.8. The number of benzene rings is 2. The molecule has 2 aliphatic rings. The van der Waals surface area contributed by atoms with Gasteiger partial charge in [0.05, 0.1) is 31.5 Å². The van der Waals surface area contributed by atoms with Crippen LogP contribution in [0.5, 0.6) is 0 Å². The number of amidine groups is 1. The topological polar surface area (TPSA) is 91.7 Å². The summed E-state index contributed by atoms with van der Waals surface area (Å²) in [5.74, 6) is 0.0700. The number of thiazole rings is 1. The van der Waals surface area contributed by atoms with E-state index in [1.165, 1.54) is 17.4 Å². The Morgan fingerprint density at radius 3 is 2.87 bits per heavy atom. The Balaban J connectivity index is 1.51. The molecule has 0 unspecified atom stereocenters. The highest BCUT2D eigenvalue weighted by Crippen LogP contribution is 2.38. The summed E-state index contributed by atoms with van der Waals surface area (Å²) in [5, 5.41) is 3.95. The zero-order valence-corrected chi connectivity index (χ0v) is 19.1. The Hall–Kier alpha value is -2.49. The van der Waals surface area contributed by atoms with Crippen molar-refractivity contribution in [1.82, 2.24) is 4.98 Å². The Kier molecular flexibility index (Phi) is 4.99. The second-order valence-corrected chi connectivity index (χ2v) is 10.8. The molecule has 0 radical (unpaired) electrons. The molecule has 2 aromatic carbocycles. The van der Waals surface area contributed by atoms with Gasteiger partial charge in [0.1, 0.15) is 10.7 Å². The minimum absolute atomic E-state index is 0.0150. The summed E-state index contributed by atoms with van der Waals surface area (Å²) in [7, 11) is -3.90. The summed E-state index contributed by atoms with van der Waals surface area (Å²) in [5.41, 5.74) is 2.04. The highest BCUT2D eigenvalue weighted by Gasteiger charge is 2.33. The summed E-state index contributed by atoms with van der Waals surface area (Å²) in [6, 6.07) is 8.34. The van der Waals surface area contributed by atoms with Gasteiger partial charge in [0.25, 0.3) is 15.9 Å². The number of nitrogens with zero attached hydrogens (tertiary/aromatic N) is 3. The molecule has 10 heteroatoms. The quantitative estimate of drug-likeness (QED) is 0.564. The van der Waals surface area contributed by atoms with E-state index in [0.29, 0.717) is 30.2 Å². The number of hydrogen-bond donors (Lipinski definition) is 1. The zero-order valence-electron chi connectivity index (χ0n) is 16.7. The van der Waals surface area contributed by atoms with Crippen LogP contribution < -0.4 is 10.2 Å². The second-order valence-electron chi connectivity index (χ2n) is 7.61. The molecule has 1 saturated heterocycles. The van der Waals surface area contributed by atoms with E-state index in [1.807, 2.05) is 24.0 Å². The molecule has 0 saturated carbocycles. The number of nitrogens with one attached hydrogen (secondary N) is 1. The van der Waals surface area contributed by atoms with Crippen molar-refractivity contribution in [2.24, 2.45) is 4.40 Å². The number of amides is 1. The number of halogens is 1. The van der Waals surface area contributed by atoms with Crippen LogP contribution >= 0.6 is 22.9 Å². The molecule has 31 heavy (non-hydrogen) atoms. The van der Waals surface area contributed by atoms with E-state index < -0.39 is 15.9 Å². The molecule has 0 bridgehead atoms. The van der Waals surface area contributed by atoms with Crippen molar-refractivity contribution in [3.63, 3.8) is 0 Å². The van der Waals surface area contributed by atoms with Crippen molar-refractivity contribution in [3.05, 3.63) is 45.9 Å². The fraction of sp³-hybridized carbons (Fsp3) is 0.286. The van der Waals surface area contributed by atoms with E-state index in [1.54, 1.807) is 12.1 Å². The molecule has 2 aliphatic heterocycles. The maximum absolute atomic E-state index is 13.0. The molecule has 1 N–H and O–H groups in total. The maximum Gasteiger partial charge on any atom is 0.286 e. The lowest BCUT2D eigenvalue weighted by molar-refractivity contribution is 0.102. The fourth-order valence-corrected chi connectivity index (χ4v) is 6.36. The van der Waals surface area contributed by atoms with Crippen molar-refractivity contribution in [1.29, 1.82) is 0 Å². The van der Waals surface area contributed by atoms with Crippen molar-refractivity contribution >= 4 is 66.3 Å². The number of carbonyl (C=O) groups is 1. The predicted molar refractivity (Wildman–Crippen MR) is 124 cm³/mol. The van der Waals surface area contributed by atoms with Gasteiger partial charge in [0, 0.05) is 18.7 Å². The minimum Gasteiger partial charge on any atom is -0.328 e. The monoisotopic (exact) mass is 474 g/mol. The molecule has 1 amide bonds. The standard InChI is InChI=1S/C21H19ClN4O3S2/c1-12-23-16-7-6-13(9-18(16)30-12)24-21(27)14-10-19-17(11-15(14)22)26-8-4-2-3-5-20(26)25-31(19,28)29/h6-7,9-11H,2-5,8H2,1H3,(H,24,27). The van der Waals surface area contributed by atoms with Crippen molar-refractivity contribution in [2.45, 2.75) is 37.5 Å². The molecule has 5 rings (SSSR count). The van der Waals surface area contributed by atoms with Crippen LogP contribution in [-0.4, -0.2) is 31.7 Å². The van der Waals surface area contributed by atoms with Crippen LogP contribution in [0.4, 0.5) is 11.4 Å². The molecule has 0 atom stereocenters. The minimum atomic E-state index is -3.90. The fourth-order valence-electron chi connectivity index (χ4n) is 3.99. The Labute approximate surface area is 188 Å². The lowest BCUT2D eigenvalue weighted by Crippen LogP contribution is -2.35. The van der Waals surface area contributed by atoms with Crippen LogP contribution in [0.25, 0.3) is 10.2 Å². The first kappa shape index (κ1) is 20.4. The van der Waals surface area contributed by atoms with Crippen LogP contribution in [0.3, 0.4) is 0 Å². The van der Waals surface area contributed by atoms with Gasteiger partial charge in [0.15, 0.2) is 0 Å². The van der Waals surface area contributed by atoms with Gasteiger partial charge in [0.2, 0.25) is 0 Å². The normalized spacial score (nSPS) is 17.5. The van der Waals surface area contributed by atoms with Gasteiger partial charge in [-0.05, 0) is 50.1 Å². The van der Waals surface area contributed by atoms with Crippen LogP contribution in [0.2, 0.25) is 5.02 Å². The number of aromatic nitrogens is 1. The SMILES string of the molecule is Cc1nc2ccc(NC(=O)c3cc4c(cc3Cl)N3CCCCCC3=NS4(=O)=O)cc2s1. The summed E-state index contributed by atoms with van der Waals surface area (Å²) in [4.78, 5) is 19.3. The van der Waals surface area contributed by atoms with Gasteiger partial charge < -0.3 is 10.2 Å². The number of sulfonamides is 1. The molecule has 7 nitrogen and oxygen atoms in total. The van der Waals surface area contributed by atoms with E-state index >= 15 is 0 Å². The number of rotatable bonds is 2. The van der Waals surface area contributed by atoms with Gasteiger partial charge >= 0.3 is 0 Å². The van der Waals surface area contributed by atoms with Crippen LogP contribution in [0.1, 0.15) is 41.0 Å². The molecule has 3 aromatic rings. The van der Waals surface area contributed by atoms with Gasteiger partial charge in [-0.15, -0.1) is 15.7 Å². The molecular formula is C21H19ClN4O3S2. The first-order valence-electron chi connectivity index (χ1n) is 9.95. The van der Waals surface area contributed by atoms with E-state index in [-0.39, 0.29) is 15.5 Å². The van der Waals surface area contributed by atoms with E-state index in [4.69, 9.17) is 11.6 Å². The summed E-state index contributed by atoms with van der Waals surface area (Å²) < 4.78 is 30.7. The summed E-state index contributed by atoms with van der Waals surface area (Å²) >= 11 is 7.99. The first-order chi connectivity index (χ1) is 14.8. The smallest absolute Gasteiger partial charge is 0.286 e. The number of carbonyl (C=O) groups excluding carboxylic acids is 1. The van der Waals surface area contributed by atoms with Crippen molar-refractivity contribution in [2.75, 3.05) is 16.8 Å². The molecule has 0 aliphatic carbocycles. The third kappa shape index (κ3) is 3.71. The molecule has 160 valence electrons. The number of hydrogen-bond acceptors (Lipinski definition) is 6. The lowest BCUT2D eigenvalue weighted by atomic mass is 10.1. The van der Waals surface area contributed by atoms with Crippen LogP contribution in [0.15, 0.2) is 39.6 Å². The average molecular weight is 475 g/mol. The number of aryl methyl sites for hydroxylation is 1. The highest BCUT2D eigenvalue weighted by molar-refractivity contribution is 7.90. The largest absolute Gasteiger partial charge is 0.328 e. The van der Waals surface area contributed by atoms with E-state index in [0.717, 1.165) is 34.5 Å². The second kappa shape index (κ2) is 7.58. The highest BCUT2D eigenvalue weighted by atomic mass is 35.5. The molecular weight excluding hydrogens is 456 g/mol. The first-order valence-corrected chi connectivity index (χ1v) is 12.6. The number of anilines is 2. The van der Waals surface area contributed by atoms with Crippen molar-refractivity contribution < 1.29 is 13.2 Å². The third-order valence-electron chi connectivity index (χ3n) is 5.43. The predicted octanol–water partition coefficient (Wildman–Crippen LogP) is 4.99. The maximum atomic E-state index is 13.0. The van der Waals surface area contributed by atoms with Crippen molar-refractivity contribution in [3.8, 4) is 0 Å². The summed E-state index contributed by atoms with van der Waals surface area (Å²) in [6.07, 6.45) is 3.47. The Bertz CT molecular complexity index is 1360. The lowest BCUT2D eigenvalue weighted by Gasteiger charge is -2.30. The molecule has 1 fully saturated rings. The summed E-state index contributed by atoms with van der Waals surface area (Å²) in [6.45, 7) is 2.60. The average Bonchev–Trinajstić information content (AvgIpc) is 2.92. The number of fused-ring (bicyclic) bond motifs is 4. The molecule has 3 heterocycles. The third-order valence-corrected chi connectivity index (χ3v) is 8.01.